The Bertz CT molecular complexity index is 439. The topological polar surface area (TPSA) is 52.5 Å². The number of aliphatic hydroxyl groups is 2. The van der Waals surface area contributed by atoms with Gasteiger partial charge in [0.2, 0.25) is 0 Å². The summed E-state index contributed by atoms with van der Waals surface area (Å²) in [5.41, 5.74) is 2.17. The van der Waals surface area contributed by atoms with Gasteiger partial charge >= 0.3 is 0 Å². The molecular formula is C17H21NO2. The van der Waals surface area contributed by atoms with Crippen LogP contribution in [0.25, 0.3) is 0 Å². The molecule has 3 heteroatoms. The van der Waals surface area contributed by atoms with E-state index in [4.69, 9.17) is 0 Å². The van der Waals surface area contributed by atoms with Crippen molar-refractivity contribution in [3.63, 3.8) is 0 Å². The van der Waals surface area contributed by atoms with Crippen LogP contribution in [0.2, 0.25) is 0 Å². The quantitative estimate of drug-likeness (QED) is 0.672. The molecule has 2 rings (SSSR count). The third-order valence-corrected chi connectivity index (χ3v) is 3.18. The van der Waals surface area contributed by atoms with E-state index in [1.807, 2.05) is 60.7 Å². The van der Waals surface area contributed by atoms with Gasteiger partial charge in [-0.15, -0.1) is 0 Å². The molecule has 0 aliphatic rings. The molecule has 0 spiro atoms. The van der Waals surface area contributed by atoms with Crippen molar-refractivity contribution in [1.82, 2.24) is 5.32 Å². The van der Waals surface area contributed by atoms with Crippen LogP contribution < -0.4 is 5.32 Å². The summed E-state index contributed by atoms with van der Waals surface area (Å²) in [4.78, 5) is 0. The average molecular weight is 271 g/mol. The zero-order chi connectivity index (χ0) is 14.2. The van der Waals surface area contributed by atoms with Crippen LogP contribution in [0, 0.1) is 0 Å². The van der Waals surface area contributed by atoms with Gasteiger partial charge in [-0.1, -0.05) is 60.7 Å². The molecular weight excluding hydrogens is 250 g/mol. The van der Waals surface area contributed by atoms with Gasteiger partial charge in [0.1, 0.15) is 6.23 Å². The molecule has 3 N–H and O–H groups in total. The van der Waals surface area contributed by atoms with Crippen molar-refractivity contribution < 1.29 is 10.2 Å². The van der Waals surface area contributed by atoms with Gasteiger partial charge < -0.3 is 10.2 Å². The van der Waals surface area contributed by atoms with Crippen LogP contribution in [0.4, 0.5) is 0 Å². The standard InChI is InChI=1S/C17H21NO2/c19-16(11-14-7-3-1-4-8-14)13-18-17(20)12-15-9-5-2-6-10-15/h1-10,16-20H,11-13H2. The number of aliphatic hydroxyl groups excluding tert-OH is 2. The minimum Gasteiger partial charge on any atom is -0.391 e. The third kappa shape index (κ3) is 5.13. The summed E-state index contributed by atoms with van der Waals surface area (Å²) in [6.07, 6.45) is -0.00390. The predicted molar refractivity (Wildman–Crippen MR) is 80.3 cm³/mol. The molecule has 0 amide bonds. The van der Waals surface area contributed by atoms with E-state index in [1.54, 1.807) is 0 Å². The van der Waals surface area contributed by atoms with Crippen LogP contribution in [-0.2, 0) is 12.8 Å². The SMILES string of the molecule is OC(CNC(O)Cc1ccccc1)Cc1ccccc1. The summed E-state index contributed by atoms with van der Waals surface area (Å²) in [6, 6.07) is 19.7. The Kier molecular flexibility index (Phi) is 5.74. The Hall–Kier alpha value is -1.68. The summed E-state index contributed by atoms with van der Waals surface area (Å²) >= 11 is 0. The van der Waals surface area contributed by atoms with Crippen molar-refractivity contribution in [3.8, 4) is 0 Å². The molecule has 106 valence electrons. The number of hydrogen-bond donors (Lipinski definition) is 3. The molecule has 0 aliphatic heterocycles. The number of benzene rings is 2. The zero-order valence-corrected chi connectivity index (χ0v) is 11.4. The van der Waals surface area contributed by atoms with Gasteiger partial charge in [0.05, 0.1) is 6.10 Å². The first-order valence-corrected chi connectivity index (χ1v) is 6.91. The highest BCUT2D eigenvalue weighted by atomic mass is 16.3. The molecule has 0 fully saturated rings. The summed E-state index contributed by atoms with van der Waals surface area (Å²) in [5.74, 6) is 0. The van der Waals surface area contributed by atoms with Gasteiger partial charge in [0.25, 0.3) is 0 Å². The first-order valence-electron chi connectivity index (χ1n) is 6.91. The Labute approximate surface area is 119 Å². The van der Waals surface area contributed by atoms with Gasteiger partial charge in [-0.05, 0) is 17.5 Å². The van der Waals surface area contributed by atoms with Gasteiger partial charge in [0.15, 0.2) is 0 Å². The van der Waals surface area contributed by atoms with Crippen molar-refractivity contribution in [2.24, 2.45) is 0 Å². The maximum atomic E-state index is 9.94. The lowest BCUT2D eigenvalue weighted by Crippen LogP contribution is -2.37. The number of rotatable bonds is 7. The van der Waals surface area contributed by atoms with E-state index >= 15 is 0 Å². The number of hydrogen-bond acceptors (Lipinski definition) is 3. The summed E-state index contributed by atoms with van der Waals surface area (Å²) in [5, 5.41) is 22.8. The van der Waals surface area contributed by atoms with E-state index in [9.17, 15) is 10.2 Å². The maximum absolute atomic E-state index is 9.94. The van der Waals surface area contributed by atoms with Crippen LogP contribution in [-0.4, -0.2) is 29.1 Å². The van der Waals surface area contributed by atoms with E-state index in [0.717, 1.165) is 11.1 Å². The minimum atomic E-state index is -0.636. The third-order valence-electron chi connectivity index (χ3n) is 3.18. The van der Waals surface area contributed by atoms with E-state index in [-0.39, 0.29) is 0 Å². The van der Waals surface area contributed by atoms with Gasteiger partial charge in [-0.3, -0.25) is 5.32 Å². The summed E-state index contributed by atoms with van der Waals surface area (Å²) in [6.45, 7) is 0.378. The highest BCUT2D eigenvalue weighted by Gasteiger charge is 2.09. The zero-order valence-electron chi connectivity index (χ0n) is 11.4. The molecule has 2 unspecified atom stereocenters. The fourth-order valence-electron chi connectivity index (χ4n) is 2.14. The second kappa shape index (κ2) is 7.80. The Morgan fingerprint density at radius 2 is 1.25 bits per heavy atom. The monoisotopic (exact) mass is 271 g/mol. The van der Waals surface area contributed by atoms with E-state index in [0.29, 0.717) is 19.4 Å². The maximum Gasteiger partial charge on any atom is 0.109 e. The van der Waals surface area contributed by atoms with Crippen LogP contribution in [0.1, 0.15) is 11.1 Å². The van der Waals surface area contributed by atoms with E-state index in [1.165, 1.54) is 0 Å². The first kappa shape index (κ1) is 14.7. The smallest absolute Gasteiger partial charge is 0.109 e. The van der Waals surface area contributed by atoms with Crippen molar-refractivity contribution in [2.75, 3.05) is 6.54 Å². The Morgan fingerprint density at radius 3 is 1.80 bits per heavy atom. The van der Waals surface area contributed by atoms with E-state index in [2.05, 4.69) is 5.32 Å². The molecule has 2 aromatic carbocycles. The van der Waals surface area contributed by atoms with Crippen LogP contribution in [0.5, 0.6) is 0 Å². The Balaban J connectivity index is 1.71. The molecule has 0 bridgehead atoms. The molecule has 0 heterocycles. The summed E-state index contributed by atoms with van der Waals surface area (Å²) in [7, 11) is 0. The molecule has 0 radical (unpaired) electrons. The average Bonchev–Trinajstić information content (AvgIpc) is 2.47. The molecule has 0 aromatic heterocycles. The van der Waals surface area contributed by atoms with E-state index < -0.39 is 12.3 Å². The van der Waals surface area contributed by atoms with Gasteiger partial charge in [-0.25, -0.2) is 0 Å². The molecule has 2 atom stereocenters. The fraction of sp³-hybridized carbons (Fsp3) is 0.294. The second-order valence-corrected chi connectivity index (χ2v) is 4.96. The minimum absolute atomic E-state index is 0.378. The molecule has 3 nitrogen and oxygen atoms in total. The van der Waals surface area contributed by atoms with Gasteiger partial charge in [0, 0.05) is 13.0 Å². The summed E-state index contributed by atoms with van der Waals surface area (Å²) < 4.78 is 0. The molecule has 0 saturated carbocycles. The van der Waals surface area contributed by atoms with Crippen molar-refractivity contribution >= 4 is 0 Å². The van der Waals surface area contributed by atoms with Crippen LogP contribution >= 0.6 is 0 Å². The molecule has 2 aromatic rings. The lowest BCUT2D eigenvalue weighted by molar-refractivity contribution is 0.102. The highest BCUT2D eigenvalue weighted by Crippen LogP contribution is 2.04. The first-order chi connectivity index (χ1) is 9.74. The van der Waals surface area contributed by atoms with Gasteiger partial charge in [-0.2, -0.15) is 0 Å². The lowest BCUT2D eigenvalue weighted by Gasteiger charge is -2.16. The normalized spacial score (nSPS) is 13.9. The molecule has 0 aliphatic carbocycles. The van der Waals surface area contributed by atoms with Crippen molar-refractivity contribution in [3.05, 3.63) is 71.8 Å². The Morgan fingerprint density at radius 1 is 0.750 bits per heavy atom. The highest BCUT2D eigenvalue weighted by molar-refractivity contribution is 5.16. The largest absolute Gasteiger partial charge is 0.391 e. The number of nitrogens with one attached hydrogen (secondary N) is 1. The van der Waals surface area contributed by atoms with Crippen molar-refractivity contribution in [1.29, 1.82) is 0 Å². The predicted octanol–water partition coefficient (Wildman–Crippen LogP) is 1.74. The molecule has 0 saturated heterocycles. The second-order valence-electron chi connectivity index (χ2n) is 4.96. The van der Waals surface area contributed by atoms with Crippen LogP contribution in [0.15, 0.2) is 60.7 Å². The lowest BCUT2D eigenvalue weighted by atomic mass is 10.1. The van der Waals surface area contributed by atoms with Crippen molar-refractivity contribution in [2.45, 2.75) is 25.2 Å². The molecule has 20 heavy (non-hydrogen) atoms. The fourth-order valence-corrected chi connectivity index (χ4v) is 2.14. The van der Waals surface area contributed by atoms with Crippen LogP contribution in [0.3, 0.4) is 0 Å².